The number of pyridine rings is 1. The second-order valence-electron chi connectivity index (χ2n) is 10.4. The molecule has 19 heteroatoms. The van der Waals surface area contributed by atoms with Crippen molar-refractivity contribution in [3.8, 4) is 16.9 Å². The number of benzene rings is 2. The Bertz CT molecular complexity index is 2150. The molecule has 0 fully saturated rings. The quantitative estimate of drug-likeness (QED) is 0.147. The van der Waals surface area contributed by atoms with E-state index in [2.05, 4.69) is 30.6 Å². The molecule has 14 nitrogen and oxygen atoms in total. The SMILES string of the molecule is Cc1cn(-c2cc(NC(=O)c3ccc(C)c(Nc4nccc(-c5cccnc5)n4)c3)cc(C(F)(F)F)c2)cn1.O=S(=O)(O)CCS(=O)(=O)O. The summed E-state index contributed by atoms with van der Waals surface area (Å²) in [5.41, 5.74) is 3.09. The van der Waals surface area contributed by atoms with Gasteiger partial charge in [-0.3, -0.25) is 18.9 Å². The lowest BCUT2D eigenvalue weighted by Gasteiger charge is -2.14. The molecule has 0 aliphatic rings. The van der Waals surface area contributed by atoms with E-state index < -0.39 is 49.4 Å². The molecule has 0 aliphatic heterocycles. The monoisotopic (exact) mass is 719 g/mol. The van der Waals surface area contributed by atoms with Crippen LogP contribution in [0, 0.1) is 13.8 Å². The Kier molecular flexibility index (Phi) is 11.1. The smallest absolute Gasteiger partial charge is 0.324 e. The number of hydrogen-bond acceptors (Lipinski definition) is 10. The van der Waals surface area contributed by atoms with Crippen molar-refractivity contribution in [2.24, 2.45) is 0 Å². The highest BCUT2D eigenvalue weighted by Crippen LogP contribution is 2.33. The first-order valence-corrected chi connectivity index (χ1v) is 17.1. The van der Waals surface area contributed by atoms with Gasteiger partial charge in [-0.25, -0.2) is 15.0 Å². The summed E-state index contributed by atoms with van der Waals surface area (Å²) in [4.78, 5) is 30.1. The Morgan fingerprint density at radius 3 is 2.22 bits per heavy atom. The van der Waals surface area contributed by atoms with Crippen LogP contribution in [0.15, 0.2) is 85.7 Å². The molecule has 0 saturated heterocycles. The number of aromatic nitrogens is 5. The Labute approximate surface area is 278 Å². The molecule has 5 rings (SSSR count). The van der Waals surface area contributed by atoms with Crippen LogP contribution in [0.5, 0.6) is 0 Å². The van der Waals surface area contributed by atoms with E-state index in [-0.39, 0.29) is 16.9 Å². The molecule has 1 amide bonds. The van der Waals surface area contributed by atoms with Crippen molar-refractivity contribution in [1.29, 1.82) is 0 Å². The highest BCUT2D eigenvalue weighted by Gasteiger charge is 2.31. The van der Waals surface area contributed by atoms with Gasteiger partial charge in [-0.1, -0.05) is 6.07 Å². The number of amides is 1. The Morgan fingerprint density at radius 2 is 1.63 bits per heavy atom. The summed E-state index contributed by atoms with van der Waals surface area (Å²) >= 11 is 0. The fourth-order valence-corrected chi connectivity index (χ4v) is 5.77. The van der Waals surface area contributed by atoms with Crippen LogP contribution in [-0.4, -0.2) is 67.9 Å². The predicted molar refractivity (Wildman–Crippen MR) is 174 cm³/mol. The van der Waals surface area contributed by atoms with Gasteiger partial charge in [-0.05, 0) is 67.9 Å². The van der Waals surface area contributed by atoms with Gasteiger partial charge in [-0.15, -0.1) is 0 Å². The molecule has 0 unspecified atom stereocenters. The number of alkyl halides is 3. The Hall–Kier alpha value is -5.24. The van der Waals surface area contributed by atoms with Crippen molar-refractivity contribution in [2.75, 3.05) is 22.1 Å². The van der Waals surface area contributed by atoms with Crippen molar-refractivity contribution in [2.45, 2.75) is 20.0 Å². The zero-order valence-electron chi connectivity index (χ0n) is 25.6. The molecule has 2 aromatic carbocycles. The summed E-state index contributed by atoms with van der Waals surface area (Å²) in [6.07, 6.45) is 3.38. The van der Waals surface area contributed by atoms with Gasteiger partial charge in [0.25, 0.3) is 26.1 Å². The molecule has 5 aromatic rings. The van der Waals surface area contributed by atoms with Gasteiger partial charge in [0, 0.05) is 53.0 Å². The van der Waals surface area contributed by atoms with Gasteiger partial charge in [0.2, 0.25) is 5.95 Å². The Morgan fingerprint density at radius 1 is 0.918 bits per heavy atom. The van der Waals surface area contributed by atoms with Crippen LogP contribution in [0.4, 0.5) is 30.5 Å². The lowest BCUT2D eigenvalue weighted by molar-refractivity contribution is -0.137. The molecule has 0 saturated carbocycles. The molecule has 4 N–H and O–H groups in total. The standard InChI is InChI=1S/C28H22F3N7O.C2H6O6S2/c1-17-5-6-19(10-25(17)37-27-33-9-7-24(36-27)20-4-3-8-32-14-20)26(39)35-22-11-21(28(29,30)31)12-23(13-22)38-15-18(2)34-16-38;3-9(4,5)1-2-10(6,7)8/h3-16H,1-2H3,(H,35,39)(H,33,36,37);1-2H2,(H,3,4,5)(H,6,7,8). The number of carbonyl (C=O) groups excluding carboxylic acids is 1. The van der Waals surface area contributed by atoms with Crippen LogP contribution in [-0.2, 0) is 26.4 Å². The minimum Gasteiger partial charge on any atom is -0.324 e. The molecular formula is C30H28F3N7O7S2. The minimum atomic E-state index is -4.60. The highest BCUT2D eigenvalue weighted by molar-refractivity contribution is 7.89. The van der Waals surface area contributed by atoms with E-state index >= 15 is 0 Å². The number of nitrogens with zero attached hydrogens (tertiary/aromatic N) is 5. The van der Waals surface area contributed by atoms with Gasteiger partial charge in [0.1, 0.15) is 0 Å². The number of imidazole rings is 1. The van der Waals surface area contributed by atoms with E-state index in [9.17, 15) is 34.8 Å². The van der Waals surface area contributed by atoms with E-state index in [1.54, 1.807) is 62.0 Å². The lowest BCUT2D eigenvalue weighted by Crippen LogP contribution is -2.15. The van der Waals surface area contributed by atoms with E-state index in [1.165, 1.54) is 17.0 Å². The normalized spacial score (nSPS) is 11.7. The number of rotatable bonds is 9. The van der Waals surface area contributed by atoms with E-state index in [0.717, 1.165) is 23.3 Å². The van der Waals surface area contributed by atoms with Crippen molar-refractivity contribution in [3.63, 3.8) is 0 Å². The summed E-state index contributed by atoms with van der Waals surface area (Å²) < 4.78 is 97.7. The summed E-state index contributed by atoms with van der Waals surface area (Å²) in [6.45, 7) is 3.58. The topological polar surface area (TPSA) is 206 Å². The number of nitrogens with one attached hydrogen (secondary N) is 2. The number of hydrogen-bond donors (Lipinski definition) is 4. The summed E-state index contributed by atoms with van der Waals surface area (Å²) in [6, 6.07) is 13.7. The molecule has 0 radical (unpaired) electrons. The first-order chi connectivity index (χ1) is 22.9. The number of aryl methyl sites for hydroxylation is 2. The third-order valence-corrected chi connectivity index (χ3v) is 8.17. The zero-order valence-corrected chi connectivity index (χ0v) is 27.3. The number of anilines is 3. The van der Waals surface area contributed by atoms with Crippen molar-refractivity contribution >= 4 is 43.5 Å². The second-order valence-corrected chi connectivity index (χ2v) is 13.5. The molecule has 0 atom stereocenters. The van der Waals surface area contributed by atoms with Crippen molar-refractivity contribution in [1.82, 2.24) is 24.5 Å². The van der Waals surface area contributed by atoms with Crippen LogP contribution in [0.25, 0.3) is 16.9 Å². The van der Waals surface area contributed by atoms with Gasteiger partial charge >= 0.3 is 6.18 Å². The highest BCUT2D eigenvalue weighted by atomic mass is 32.2. The van der Waals surface area contributed by atoms with Crippen LogP contribution >= 0.6 is 0 Å². The van der Waals surface area contributed by atoms with Gasteiger partial charge in [-0.2, -0.15) is 30.0 Å². The third kappa shape index (κ3) is 11.2. The maximum Gasteiger partial charge on any atom is 0.416 e. The molecule has 0 spiro atoms. The average molecular weight is 720 g/mol. The molecule has 258 valence electrons. The summed E-state index contributed by atoms with van der Waals surface area (Å²) in [7, 11) is -8.59. The van der Waals surface area contributed by atoms with E-state index in [4.69, 9.17) is 9.11 Å². The first-order valence-electron chi connectivity index (χ1n) is 13.9. The van der Waals surface area contributed by atoms with Gasteiger partial charge in [0.15, 0.2) is 0 Å². The summed E-state index contributed by atoms with van der Waals surface area (Å²) in [5, 5.41) is 5.71. The Balaban J connectivity index is 0.000000471. The summed E-state index contributed by atoms with van der Waals surface area (Å²) in [5.74, 6) is -2.22. The molecule has 0 aliphatic carbocycles. The average Bonchev–Trinajstić information content (AvgIpc) is 3.47. The molecule has 0 bridgehead atoms. The number of halogens is 3. The van der Waals surface area contributed by atoms with Crippen LogP contribution in [0.2, 0.25) is 0 Å². The minimum absolute atomic E-state index is 0.00114. The van der Waals surface area contributed by atoms with E-state index in [0.29, 0.717) is 23.0 Å². The van der Waals surface area contributed by atoms with Crippen molar-refractivity contribution < 1.29 is 43.9 Å². The van der Waals surface area contributed by atoms with Crippen molar-refractivity contribution in [3.05, 3.63) is 108 Å². The largest absolute Gasteiger partial charge is 0.416 e. The molecule has 3 aromatic heterocycles. The first kappa shape index (κ1) is 36.6. The molecule has 49 heavy (non-hydrogen) atoms. The van der Waals surface area contributed by atoms with E-state index in [1.807, 2.05) is 13.0 Å². The third-order valence-electron chi connectivity index (χ3n) is 6.47. The van der Waals surface area contributed by atoms with Crippen LogP contribution in [0.1, 0.15) is 27.2 Å². The second kappa shape index (κ2) is 14.9. The van der Waals surface area contributed by atoms with Crippen LogP contribution in [0.3, 0.4) is 0 Å². The predicted octanol–water partition coefficient (Wildman–Crippen LogP) is 5.12. The van der Waals surface area contributed by atoms with Gasteiger partial charge in [0.05, 0.1) is 34.8 Å². The molecule has 3 heterocycles. The van der Waals surface area contributed by atoms with Crippen LogP contribution < -0.4 is 10.6 Å². The molecular weight excluding hydrogens is 692 g/mol. The number of carbonyl (C=O) groups is 1. The van der Waals surface area contributed by atoms with Gasteiger partial charge < -0.3 is 15.2 Å². The maximum atomic E-state index is 13.6. The lowest BCUT2D eigenvalue weighted by atomic mass is 10.1. The maximum absolute atomic E-state index is 13.6. The fraction of sp³-hybridized carbons (Fsp3) is 0.167. The fourth-order valence-electron chi connectivity index (χ4n) is 4.08. The zero-order chi connectivity index (χ0) is 36.0.